The Morgan fingerprint density at radius 2 is 2.32 bits per heavy atom. The van der Waals surface area contributed by atoms with E-state index in [1.54, 1.807) is 6.20 Å². The molecule has 2 aliphatic rings. The summed E-state index contributed by atoms with van der Waals surface area (Å²) < 4.78 is 7.55. The molecule has 0 radical (unpaired) electrons. The third kappa shape index (κ3) is 3.80. The maximum Gasteiger partial charge on any atom is 0.224 e. The van der Waals surface area contributed by atoms with Gasteiger partial charge in [-0.25, -0.2) is 0 Å². The summed E-state index contributed by atoms with van der Waals surface area (Å²) >= 11 is 0. The van der Waals surface area contributed by atoms with Gasteiger partial charge < -0.3 is 10.1 Å². The highest BCUT2D eigenvalue weighted by atomic mass is 16.5. The average molecular weight is 263 g/mol. The summed E-state index contributed by atoms with van der Waals surface area (Å²) in [6.45, 7) is 1.63. The summed E-state index contributed by atoms with van der Waals surface area (Å²) in [4.78, 5) is 11.7. The van der Waals surface area contributed by atoms with Gasteiger partial charge in [0.2, 0.25) is 5.91 Å². The first-order chi connectivity index (χ1) is 9.29. The quantitative estimate of drug-likeness (QED) is 0.886. The molecular formula is C14H21N3O2. The lowest BCUT2D eigenvalue weighted by atomic mass is 10.1. The number of ether oxygens (including phenoxy) is 1. The van der Waals surface area contributed by atoms with Crippen molar-refractivity contribution in [1.82, 2.24) is 9.78 Å². The van der Waals surface area contributed by atoms with Gasteiger partial charge in [-0.1, -0.05) is 0 Å². The van der Waals surface area contributed by atoms with E-state index in [2.05, 4.69) is 10.4 Å². The topological polar surface area (TPSA) is 56.2 Å². The maximum absolute atomic E-state index is 11.7. The molecule has 1 aliphatic heterocycles. The maximum atomic E-state index is 11.7. The lowest BCUT2D eigenvalue weighted by molar-refractivity contribution is -0.116. The van der Waals surface area contributed by atoms with Crippen molar-refractivity contribution >= 4 is 11.6 Å². The number of nitrogens with one attached hydrogen (secondary N) is 1. The summed E-state index contributed by atoms with van der Waals surface area (Å²) in [6.07, 6.45) is 10.4. The number of hydrogen-bond donors (Lipinski definition) is 1. The number of carbonyl (C=O) groups is 1. The van der Waals surface area contributed by atoms with Crippen molar-refractivity contribution in [2.45, 2.75) is 51.2 Å². The number of aromatic nitrogens is 2. The summed E-state index contributed by atoms with van der Waals surface area (Å²) in [5.41, 5.74) is 0.793. The first-order valence-electron chi connectivity index (χ1n) is 7.23. The Bertz CT molecular complexity index is 434. The van der Waals surface area contributed by atoms with Gasteiger partial charge in [0.15, 0.2) is 0 Å². The van der Waals surface area contributed by atoms with Crippen LogP contribution in [-0.2, 0) is 16.1 Å². The largest absolute Gasteiger partial charge is 0.376 e. The molecule has 5 heteroatoms. The Kier molecular flexibility index (Phi) is 3.82. The van der Waals surface area contributed by atoms with E-state index < -0.39 is 0 Å². The van der Waals surface area contributed by atoms with Gasteiger partial charge >= 0.3 is 0 Å². The summed E-state index contributed by atoms with van der Waals surface area (Å²) in [5, 5.41) is 7.19. The van der Waals surface area contributed by atoms with Crippen molar-refractivity contribution in [1.29, 1.82) is 0 Å². The van der Waals surface area contributed by atoms with E-state index in [4.69, 9.17) is 4.74 Å². The van der Waals surface area contributed by atoms with E-state index in [1.807, 2.05) is 10.9 Å². The number of hydrogen-bond acceptors (Lipinski definition) is 3. The van der Waals surface area contributed by atoms with Crippen LogP contribution in [0.2, 0.25) is 0 Å². The van der Waals surface area contributed by atoms with Crippen LogP contribution in [-0.4, -0.2) is 28.4 Å². The monoisotopic (exact) mass is 263 g/mol. The number of nitrogens with zero attached hydrogens (tertiary/aromatic N) is 2. The van der Waals surface area contributed by atoms with Crippen molar-refractivity contribution in [2.24, 2.45) is 5.92 Å². The van der Waals surface area contributed by atoms with Gasteiger partial charge in [-0.05, 0) is 38.0 Å². The molecule has 0 aromatic carbocycles. The van der Waals surface area contributed by atoms with Gasteiger partial charge in [0.05, 0.1) is 24.5 Å². The molecular weight excluding hydrogens is 242 g/mol. The van der Waals surface area contributed by atoms with E-state index in [9.17, 15) is 4.79 Å². The average Bonchev–Trinajstić information content (AvgIpc) is 3.11. The van der Waals surface area contributed by atoms with Crippen LogP contribution < -0.4 is 5.32 Å². The van der Waals surface area contributed by atoms with Crippen molar-refractivity contribution in [3.05, 3.63) is 12.4 Å². The van der Waals surface area contributed by atoms with Crippen LogP contribution in [0.1, 0.15) is 38.5 Å². The number of carbonyl (C=O) groups excluding carboxylic acids is 1. The minimum Gasteiger partial charge on any atom is -0.376 e. The molecule has 5 nitrogen and oxygen atoms in total. The SMILES string of the molecule is O=C(CC1CC1)Nc1cnn(C[C@@H]2CCCCO2)c1. The van der Waals surface area contributed by atoms with Crippen LogP contribution in [0.25, 0.3) is 0 Å². The third-order valence-corrected chi connectivity index (χ3v) is 3.75. The van der Waals surface area contributed by atoms with Gasteiger partial charge in [0.25, 0.3) is 0 Å². The molecule has 19 heavy (non-hydrogen) atoms. The number of rotatable bonds is 5. The standard InChI is InChI=1S/C14H21N3O2/c18-14(7-11-4-5-11)16-12-8-15-17(9-12)10-13-3-1-2-6-19-13/h8-9,11,13H,1-7,10H2,(H,16,18)/t13-/m0/s1. The number of anilines is 1. The zero-order valence-corrected chi connectivity index (χ0v) is 11.2. The van der Waals surface area contributed by atoms with Gasteiger partial charge in [-0.2, -0.15) is 5.10 Å². The van der Waals surface area contributed by atoms with Gasteiger partial charge in [-0.15, -0.1) is 0 Å². The lowest BCUT2D eigenvalue weighted by Gasteiger charge is -2.22. The first-order valence-corrected chi connectivity index (χ1v) is 7.23. The van der Waals surface area contributed by atoms with Crippen molar-refractivity contribution in [3.63, 3.8) is 0 Å². The van der Waals surface area contributed by atoms with Gasteiger partial charge in [0, 0.05) is 19.2 Å². The molecule has 1 saturated heterocycles. The lowest BCUT2D eigenvalue weighted by Crippen LogP contribution is -2.24. The van der Waals surface area contributed by atoms with Crippen molar-refractivity contribution in [3.8, 4) is 0 Å². The second-order valence-electron chi connectivity index (χ2n) is 5.64. The number of amides is 1. The molecule has 1 aliphatic carbocycles. The zero-order valence-electron chi connectivity index (χ0n) is 11.2. The minimum atomic E-state index is 0.107. The van der Waals surface area contributed by atoms with Crippen molar-refractivity contribution in [2.75, 3.05) is 11.9 Å². The van der Waals surface area contributed by atoms with Crippen LogP contribution in [0.15, 0.2) is 12.4 Å². The Morgan fingerprint density at radius 1 is 1.42 bits per heavy atom. The summed E-state index contributed by atoms with van der Waals surface area (Å²) in [6, 6.07) is 0. The zero-order chi connectivity index (χ0) is 13.1. The summed E-state index contributed by atoms with van der Waals surface area (Å²) in [7, 11) is 0. The van der Waals surface area contributed by atoms with E-state index >= 15 is 0 Å². The normalized spacial score (nSPS) is 23.3. The van der Waals surface area contributed by atoms with Crippen LogP contribution in [0.3, 0.4) is 0 Å². The molecule has 0 bridgehead atoms. The Balaban J connectivity index is 1.48. The van der Waals surface area contributed by atoms with Gasteiger partial charge in [-0.3, -0.25) is 9.48 Å². The predicted octanol–water partition coefficient (Wildman–Crippen LogP) is 2.19. The Labute approximate surface area is 113 Å². The van der Waals surface area contributed by atoms with E-state index in [1.165, 1.54) is 19.3 Å². The molecule has 2 fully saturated rings. The molecule has 3 rings (SSSR count). The molecule has 1 amide bonds. The van der Waals surface area contributed by atoms with E-state index in [-0.39, 0.29) is 12.0 Å². The Morgan fingerprint density at radius 3 is 3.05 bits per heavy atom. The molecule has 1 N–H and O–H groups in total. The van der Waals surface area contributed by atoms with Gasteiger partial charge in [0.1, 0.15) is 0 Å². The fraction of sp³-hybridized carbons (Fsp3) is 0.714. The smallest absolute Gasteiger partial charge is 0.224 e. The highest BCUT2D eigenvalue weighted by Crippen LogP contribution is 2.32. The molecule has 2 heterocycles. The fourth-order valence-corrected chi connectivity index (χ4v) is 2.48. The van der Waals surface area contributed by atoms with Crippen LogP contribution in [0.4, 0.5) is 5.69 Å². The predicted molar refractivity (Wildman–Crippen MR) is 71.8 cm³/mol. The van der Waals surface area contributed by atoms with E-state index in [0.717, 1.165) is 31.7 Å². The first kappa shape index (κ1) is 12.7. The van der Waals surface area contributed by atoms with E-state index in [0.29, 0.717) is 12.3 Å². The highest BCUT2D eigenvalue weighted by molar-refractivity contribution is 5.90. The van der Waals surface area contributed by atoms with Crippen molar-refractivity contribution < 1.29 is 9.53 Å². The minimum absolute atomic E-state index is 0.107. The molecule has 1 atom stereocenters. The second kappa shape index (κ2) is 5.74. The molecule has 1 aromatic rings. The second-order valence-corrected chi connectivity index (χ2v) is 5.64. The third-order valence-electron chi connectivity index (χ3n) is 3.75. The fourth-order valence-electron chi connectivity index (χ4n) is 2.48. The Hall–Kier alpha value is -1.36. The highest BCUT2D eigenvalue weighted by Gasteiger charge is 2.24. The molecule has 1 aromatic heterocycles. The summed E-state index contributed by atoms with van der Waals surface area (Å²) in [5.74, 6) is 0.724. The molecule has 1 saturated carbocycles. The van der Waals surface area contributed by atoms with Crippen LogP contribution >= 0.6 is 0 Å². The molecule has 0 spiro atoms. The molecule has 0 unspecified atom stereocenters. The van der Waals surface area contributed by atoms with Crippen LogP contribution in [0.5, 0.6) is 0 Å². The van der Waals surface area contributed by atoms with Crippen LogP contribution in [0, 0.1) is 5.92 Å². The molecule has 104 valence electrons.